The predicted molar refractivity (Wildman–Crippen MR) is 77.7 cm³/mol. The maximum absolute atomic E-state index is 11.1. The Morgan fingerprint density at radius 3 is 2.47 bits per heavy atom. The van der Waals surface area contributed by atoms with Gasteiger partial charge in [-0.25, -0.2) is 0 Å². The van der Waals surface area contributed by atoms with E-state index < -0.39 is 0 Å². The third kappa shape index (κ3) is 3.80. The zero-order valence-electron chi connectivity index (χ0n) is 11.9. The van der Waals surface area contributed by atoms with Crippen molar-refractivity contribution in [3.8, 4) is 0 Å². The van der Waals surface area contributed by atoms with Gasteiger partial charge in [-0.3, -0.25) is 4.79 Å². The summed E-state index contributed by atoms with van der Waals surface area (Å²) in [7, 11) is 0. The molecule has 3 heteroatoms. The number of nitrogens with two attached hydrogens (primary N) is 1. The number of nitrogens with one attached hydrogen (secondary N) is 1. The molecule has 19 heavy (non-hydrogen) atoms. The van der Waals surface area contributed by atoms with Gasteiger partial charge in [0.05, 0.1) is 0 Å². The number of carbonyl (C=O) groups is 1. The molecule has 3 N–H and O–H groups in total. The van der Waals surface area contributed by atoms with Gasteiger partial charge in [0.25, 0.3) is 0 Å². The van der Waals surface area contributed by atoms with E-state index in [0.29, 0.717) is 6.04 Å². The highest BCUT2D eigenvalue weighted by atomic mass is 16.1. The number of aryl methyl sites for hydroxylation is 2. The van der Waals surface area contributed by atoms with Crippen molar-refractivity contribution in [2.24, 2.45) is 11.7 Å². The molecule has 1 amide bonds. The second-order valence-electron chi connectivity index (χ2n) is 5.75. The van der Waals surface area contributed by atoms with Crippen LogP contribution in [0.15, 0.2) is 18.2 Å². The Bertz CT molecular complexity index is 448. The second kappa shape index (κ2) is 6.20. The van der Waals surface area contributed by atoms with Crippen LogP contribution in [-0.4, -0.2) is 11.9 Å². The lowest BCUT2D eigenvalue weighted by atomic mass is 9.85. The number of amides is 1. The lowest BCUT2D eigenvalue weighted by Crippen LogP contribution is -2.36. The molecule has 2 rings (SSSR count). The molecule has 104 valence electrons. The molecule has 0 saturated heterocycles. The predicted octanol–water partition coefficient (Wildman–Crippen LogP) is 2.44. The average molecular weight is 260 g/mol. The Labute approximate surface area is 115 Å². The summed E-state index contributed by atoms with van der Waals surface area (Å²) in [6.45, 7) is 5.20. The van der Waals surface area contributed by atoms with Gasteiger partial charge in [0.2, 0.25) is 5.91 Å². The molecule has 3 nitrogen and oxygen atoms in total. The molecule has 0 heterocycles. The molecule has 0 spiro atoms. The number of carbonyl (C=O) groups excluding carboxylic acids is 1. The average Bonchev–Trinajstić information content (AvgIpc) is 2.40. The van der Waals surface area contributed by atoms with E-state index >= 15 is 0 Å². The quantitative estimate of drug-likeness (QED) is 0.873. The molecular weight excluding hydrogens is 236 g/mol. The molecule has 1 saturated carbocycles. The summed E-state index contributed by atoms with van der Waals surface area (Å²) < 4.78 is 0. The first-order valence-corrected chi connectivity index (χ1v) is 7.15. The standard InChI is InChI=1S/C16H24N2O/c1-11-3-4-13(9-12(11)2)10-18-15-7-5-14(6-8-15)16(17)19/h3-4,9,14-15,18H,5-8,10H2,1-2H3,(H2,17,19). The molecule has 1 aromatic rings. The second-order valence-corrected chi connectivity index (χ2v) is 5.75. The van der Waals surface area contributed by atoms with Crippen LogP contribution in [0.25, 0.3) is 0 Å². The van der Waals surface area contributed by atoms with Crippen LogP contribution < -0.4 is 11.1 Å². The van der Waals surface area contributed by atoms with Gasteiger partial charge in [-0.05, 0) is 56.2 Å². The maximum Gasteiger partial charge on any atom is 0.220 e. The van der Waals surface area contributed by atoms with Crippen molar-refractivity contribution in [3.05, 3.63) is 34.9 Å². The minimum absolute atomic E-state index is 0.0969. The van der Waals surface area contributed by atoms with Gasteiger partial charge in [-0.15, -0.1) is 0 Å². The Morgan fingerprint density at radius 2 is 1.89 bits per heavy atom. The summed E-state index contributed by atoms with van der Waals surface area (Å²) in [6, 6.07) is 7.13. The van der Waals surface area contributed by atoms with Crippen molar-refractivity contribution < 1.29 is 4.79 Å². The molecule has 1 aliphatic carbocycles. The first kappa shape index (κ1) is 14.1. The van der Waals surface area contributed by atoms with Crippen LogP contribution >= 0.6 is 0 Å². The number of rotatable bonds is 4. The van der Waals surface area contributed by atoms with E-state index in [1.54, 1.807) is 0 Å². The third-order valence-corrected chi connectivity index (χ3v) is 4.30. The summed E-state index contributed by atoms with van der Waals surface area (Å²) in [5, 5.41) is 3.59. The van der Waals surface area contributed by atoms with E-state index in [1.807, 2.05) is 0 Å². The highest BCUT2D eigenvalue weighted by molar-refractivity contribution is 5.76. The SMILES string of the molecule is Cc1ccc(CNC2CCC(C(N)=O)CC2)cc1C. The molecule has 0 atom stereocenters. The third-order valence-electron chi connectivity index (χ3n) is 4.30. The monoisotopic (exact) mass is 260 g/mol. The van der Waals surface area contributed by atoms with E-state index in [4.69, 9.17) is 5.73 Å². The number of primary amides is 1. The van der Waals surface area contributed by atoms with Crippen molar-refractivity contribution in [2.75, 3.05) is 0 Å². The molecule has 0 unspecified atom stereocenters. The Hall–Kier alpha value is -1.35. The first-order valence-electron chi connectivity index (χ1n) is 7.15. The zero-order chi connectivity index (χ0) is 13.8. The topological polar surface area (TPSA) is 55.1 Å². The number of hydrogen-bond acceptors (Lipinski definition) is 2. The first-order chi connectivity index (χ1) is 9.06. The van der Waals surface area contributed by atoms with Gasteiger partial charge in [-0.2, -0.15) is 0 Å². The van der Waals surface area contributed by atoms with Crippen LogP contribution in [0.3, 0.4) is 0 Å². The number of hydrogen-bond donors (Lipinski definition) is 2. The molecule has 1 aliphatic rings. The van der Waals surface area contributed by atoms with Crippen molar-refractivity contribution in [1.82, 2.24) is 5.32 Å². The van der Waals surface area contributed by atoms with Gasteiger partial charge in [0, 0.05) is 18.5 Å². The fraction of sp³-hybridized carbons (Fsp3) is 0.562. The van der Waals surface area contributed by atoms with Crippen molar-refractivity contribution in [3.63, 3.8) is 0 Å². The Morgan fingerprint density at radius 1 is 1.21 bits per heavy atom. The van der Waals surface area contributed by atoms with E-state index in [9.17, 15) is 4.79 Å². The normalized spacial score (nSPS) is 23.3. The van der Waals surface area contributed by atoms with E-state index in [1.165, 1.54) is 16.7 Å². The summed E-state index contributed by atoms with van der Waals surface area (Å²) in [4.78, 5) is 11.1. The Kier molecular flexibility index (Phi) is 4.59. The fourth-order valence-electron chi connectivity index (χ4n) is 2.76. The van der Waals surface area contributed by atoms with Crippen LogP contribution in [0.5, 0.6) is 0 Å². The summed E-state index contributed by atoms with van der Waals surface area (Å²) in [5.41, 5.74) is 9.37. The van der Waals surface area contributed by atoms with Crippen LogP contribution in [0, 0.1) is 19.8 Å². The molecule has 0 radical (unpaired) electrons. The summed E-state index contributed by atoms with van der Waals surface area (Å²) >= 11 is 0. The van der Waals surface area contributed by atoms with E-state index in [-0.39, 0.29) is 11.8 Å². The molecule has 0 aliphatic heterocycles. The van der Waals surface area contributed by atoms with Crippen LogP contribution in [0.4, 0.5) is 0 Å². The molecular formula is C16H24N2O. The molecule has 0 bridgehead atoms. The lowest BCUT2D eigenvalue weighted by molar-refractivity contribution is -0.122. The van der Waals surface area contributed by atoms with Gasteiger partial charge >= 0.3 is 0 Å². The summed E-state index contributed by atoms with van der Waals surface area (Å²) in [5.74, 6) is -0.0349. The Balaban J connectivity index is 1.80. The van der Waals surface area contributed by atoms with Crippen LogP contribution in [0.2, 0.25) is 0 Å². The largest absolute Gasteiger partial charge is 0.369 e. The van der Waals surface area contributed by atoms with Gasteiger partial charge < -0.3 is 11.1 Å². The van der Waals surface area contributed by atoms with E-state index in [2.05, 4.69) is 37.4 Å². The van der Waals surface area contributed by atoms with Crippen LogP contribution in [0.1, 0.15) is 42.4 Å². The van der Waals surface area contributed by atoms with Crippen LogP contribution in [-0.2, 0) is 11.3 Å². The zero-order valence-corrected chi connectivity index (χ0v) is 11.9. The maximum atomic E-state index is 11.1. The van der Waals surface area contributed by atoms with Gasteiger partial charge in [0.1, 0.15) is 0 Å². The van der Waals surface area contributed by atoms with Crippen molar-refractivity contribution in [1.29, 1.82) is 0 Å². The van der Waals surface area contributed by atoms with Gasteiger partial charge in [-0.1, -0.05) is 18.2 Å². The van der Waals surface area contributed by atoms with Gasteiger partial charge in [0.15, 0.2) is 0 Å². The highest BCUT2D eigenvalue weighted by Gasteiger charge is 2.24. The molecule has 1 aromatic carbocycles. The minimum atomic E-state index is -0.132. The lowest BCUT2D eigenvalue weighted by Gasteiger charge is -2.27. The smallest absolute Gasteiger partial charge is 0.220 e. The molecule has 0 aromatic heterocycles. The minimum Gasteiger partial charge on any atom is -0.369 e. The summed E-state index contributed by atoms with van der Waals surface area (Å²) in [6.07, 6.45) is 3.97. The highest BCUT2D eigenvalue weighted by Crippen LogP contribution is 2.24. The molecule has 1 fully saturated rings. The van der Waals surface area contributed by atoms with Crippen molar-refractivity contribution >= 4 is 5.91 Å². The number of benzene rings is 1. The van der Waals surface area contributed by atoms with Crippen molar-refractivity contribution in [2.45, 2.75) is 52.1 Å². The van der Waals surface area contributed by atoms with E-state index in [0.717, 1.165) is 32.2 Å². The fourth-order valence-corrected chi connectivity index (χ4v) is 2.76.